The molecule has 0 aromatic rings. The zero-order chi connectivity index (χ0) is 10.9. The third kappa shape index (κ3) is 2.73. The maximum Gasteiger partial charge on any atom is 0.0613 e. The fraction of sp³-hybridized carbons (Fsp3) is 1.00. The molecule has 0 saturated heterocycles. The summed E-state index contributed by atoms with van der Waals surface area (Å²) in [5, 5.41) is 13.3. The van der Waals surface area contributed by atoms with Gasteiger partial charge in [0.25, 0.3) is 0 Å². The lowest BCUT2D eigenvalue weighted by Gasteiger charge is -2.37. The van der Waals surface area contributed by atoms with Crippen LogP contribution in [0.1, 0.15) is 52.4 Å². The van der Waals surface area contributed by atoms with Gasteiger partial charge in [-0.3, -0.25) is 0 Å². The number of hydrogen-bond acceptors (Lipinski definition) is 2. The highest BCUT2D eigenvalue weighted by atomic mass is 16.3. The molecule has 88 valence electrons. The molecule has 0 heterocycles. The fourth-order valence-electron chi connectivity index (χ4n) is 3.04. The zero-order valence-corrected chi connectivity index (χ0v) is 10.1. The lowest BCUT2D eigenvalue weighted by Crippen LogP contribution is -2.53. The Morgan fingerprint density at radius 3 is 2.53 bits per heavy atom. The van der Waals surface area contributed by atoms with E-state index in [1.165, 1.54) is 38.5 Å². The maximum absolute atomic E-state index is 9.53. The van der Waals surface area contributed by atoms with E-state index in [-0.39, 0.29) is 5.54 Å². The molecule has 0 aliphatic heterocycles. The normalized spacial score (nSPS) is 36.2. The van der Waals surface area contributed by atoms with E-state index in [2.05, 4.69) is 19.2 Å². The number of aliphatic hydroxyl groups is 1. The second kappa shape index (κ2) is 4.42. The number of nitrogens with one attached hydrogen (secondary N) is 1. The van der Waals surface area contributed by atoms with E-state index in [1.807, 2.05) is 0 Å². The standard InChI is InChI=1S/C13H25NO/c1-10-4-3-5-12(8-10)14-13(2,9-15)11-6-7-11/h10-12,14-15H,3-9H2,1-2H3. The molecular weight excluding hydrogens is 186 g/mol. The number of rotatable bonds is 4. The Labute approximate surface area is 93.5 Å². The van der Waals surface area contributed by atoms with Crippen LogP contribution in [0.4, 0.5) is 0 Å². The highest BCUT2D eigenvalue weighted by Gasteiger charge is 2.42. The van der Waals surface area contributed by atoms with Gasteiger partial charge in [0, 0.05) is 11.6 Å². The molecule has 0 spiro atoms. The van der Waals surface area contributed by atoms with Crippen molar-refractivity contribution in [2.45, 2.75) is 64.0 Å². The smallest absolute Gasteiger partial charge is 0.0613 e. The van der Waals surface area contributed by atoms with Crippen LogP contribution in [0, 0.1) is 11.8 Å². The summed E-state index contributed by atoms with van der Waals surface area (Å²) in [7, 11) is 0. The largest absolute Gasteiger partial charge is 0.394 e. The summed E-state index contributed by atoms with van der Waals surface area (Å²) in [5.41, 5.74) is 0.00171. The predicted octanol–water partition coefficient (Wildman–Crippen LogP) is 2.32. The van der Waals surface area contributed by atoms with E-state index in [0.29, 0.717) is 12.6 Å². The van der Waals surface area contributed by atoms with Gasteiger partial charge < -0.3 is 10.4 Å². The van der Waals surface area contributed by atoms with Crippen LogP contribution in [0.15, 0.2) is 0 Å². The van der Waals surface area contributed by atoms with Crippen molar-refractivity contribution >= 4 is 0 Å². The van der Waals surface area contributed by atoms with Crippen LogP contribution in [-0.2, 0) is 0 Å². The first-order chi connectivity index (χ1) is 7.14. The van der Waals surface area contributed by atoms with Crippen molar-refractivity contribution in [3.05, 3.63) is 0 Å². The SMILES string of the molecule is CC1CCCC(NC(C)(CO)C2CC2)C1. The number of hydrogen-bond donors (Lipinski definition) is 2. The molecule has 2 aliphatic carbocycles. The van der Waals surface area contributed by atoms with Crippen molar-refractivity contribution in [2.24, 2.45) is 11.8 Å². The zero-order valence-electron chi connectivity index (χ0n) is 10.1. The molecule has 3 unspecified atom stereocenters. The topological polar surface area (TPSA) is 32.3 Å². The minimum atomic E-state index is 0.00171. The summed E-state index contributed by atoms with van der Waals surface area (Å²) < 4.78 is 0. The summed E-state index contributed by atoms with van der Waals surface area (Å²) in [6.45, 7) is 4.84. The Morgan fingerprint density at radius 2 is 2.00 bits per heavy atom. The molecule has 0 amide bonds. The average Bonchev–Trinajstić information content (AvgIpc) is 3.01. The molecule has 0 radical (unpaired) electrons. The second-order valence-corrected chi connectivity index (χ2v) is 5.96. The molecule has 2 rings (SSSR count). The fourth-order valence-corrected chi connectivity index (χ4v) is 3.04. The summed E-state index contributed by atoms with van der Waals surface area (Å²) in [4.78, 5) is 0. The van der Waals surface area contributed by atoms with Crippen LogP contribution < -0.4 is 5.32 Å². The van der Waals surface area contributed by atoms with Gasteiger partial charge in [-0.2, -0.15) is 0 Å². The van der Waals surface area contributed by atoms with E-state index in [9.17, 15) is 5.11 Å². The Balaban J connectivity index is 1.88. The van der Waals surface area contributed by atoms with Gasteiger partial charge in [-0.1, -0.05) is 19.8 Å². The maximum atomic E-state index is 9.53. The lowest BCUT2D eigenvalue weighted by atomic mass is 9.84. The highest BCUT2D eigenvalue weighted by Crippen LogP contribution is 2.40. The van der Waals surface area contributed by atoms with Crippen molar-refractivity contribution < 1.29 is 5.11 Å². The van der Waals surface area contributed by atoms with Gasteiger partial charge in [-0.25, -0.2) is 0 Å². The molecule has 0 aromatic carbocycles. The first-order valence-corrected chi connectivity index (χ1v) is 6.52. The Morgan fingerprint density at radius 1 is 1.27 bits per heavy atom. The van der Waals surface area contributed by atoms with Gasteiger partial charge in [0.1, 0.15) is 0 Å². The van der Waals surface area contributed by atoms with Crippen molar-refractivity contribution in [2.75, 3.05) is 6.61 Å². The van der Waals surface area contributed by atoms with Crippen molar-refractivity contribution in [1.82, 2.24) is 5.32 Å². The van der Waals surface area contributed by atoms with Crippen molar-refractivity contribution in [1.29, 1.82) is 0 Å². The van der Waals surface area contributed by atoms with Crippen LogP contribution in [0.5, 0.6) is 0 Å². The lowest BCUT2D eigenvalue weighted by molar-refractivity contribution is 0.126. The molecule has 0 bridgehead atoms. The summed E-state index contributed by atoms with van der Waals surface area (Å²) in [6.07, 6.45) is 7.93. The molecule has 2 heteroatoms. The molecule has 3 atom stereocenters. The first-order valence-electron chi connectivity index (χ1n) is 6.52. The average molecular weight is 211 g/mol. The van der Waals surface area contributed by atoms with Gasteiger partial charge in [0.2, 0.25) is 0 Å². The predicted molar refractivity (Wildman–Crippen MR) is 62.8 cm³/mol. The number of aliphatic hydroxyl groups excluding tert-OH is 1. The molecule has 2 N–H and O–H groups in total. The van der Waals surface area contributed by atoms with E-state index < -0.39 is 0 Å². The molecular formula is C13H25NO. The molecule has 15 heavy (non-hydrogen) atoms. The van der Waals surface area contributed by atoms with Crippen LogP contribution in [0.25, 0.3) is 0 Å². The monoisotopic (exact) mass is 211 g/mol. The highest BCUT2D eigenvalue weighted by molar-refractivity contribution is 4.99. The summed E-state index contributed by atoms with van der Waals surface area (Å²) in [6, 6.07) is 0.645. The Kier molecular flexibility index (Phi) is 3.36. The third-order valence-electron chi connectivity index (χ3n) is 4.28. The van der Waals surface area contributed by atoms with E-state index in [1.54, 1.807) is 0 Å². The van der Waals surface area contributed by atoms with Gasteiger partial charge >= 0.3 is 0 Å². The Bertz CT molecular complexity index is 215. The van der Waals surface area contributed by atoms with E-state index in [4.69, 9.17) is 0 Å². The van der Waals surface area contributed by atoms with Gasteiger partial charge in [0.15, 0.2) is 0 Å². The van der Waals surface area contributed by atoms with Crippen LogP contribution in [-0.4, -0.2) is 23.3 Å². The molecule has 2 nitrogen and oxygen atoms in total. The summed E-state index contributed by atoms with van der Waals surface area (Å²) >= 11 is 0. The van der Waals surface area contributed by atoms with Crippen LogP contribution >= 0.6 is 0 Å². The van der Waals surface area contributed by atoms with Crippen LogP contribution in [0.3, 0.4) is 0 Å². The van der Waals surface area contributed by atoms with Crippen molar-refractivity contribution in [3.8, 4) is 0 Å². The minimum absolute atomic E-state index is 0.00171. The molecule has 2 saturated carbocycles. The first kappa shape index (κ1) is 11.4. The van der Waals surface area contributed by atoms with Crippen LogP contribution in [0.2, 0.25) is 0 Å². The van der Waals surface area contributed by atoms with Gasteiger partial charge in [0.05, 0.1) is 6.61 Å². The van der Waals surface area contributed by atoms with Gasteiger partial charge in [-0.15, -0.1) is 0 Å². The minimum Gasteiger partial charge on any atom is -0.394 e. The quantitative estimate of drug-likeness (QED) is 0.748. The third-order valence-corrected chi connectivity index (χ3v) is 4.28. The molecule has 0 aromatic heterocycles. The second-order valence-electron chi connectivity index (χ2n) is 5.96. The molecule has 2 aliphatic rings. The summed E-state index contributed by atoms with van der Waals surface area (Å²) in [5.74, 6) is 1.58. The molecule has 2 fully saturated rings. The van der Waals surface area contributed by atoms with Gasteiger partial charge in [-0.05, 0) is 44.4 Å². The van der Waals surface area contributed by atoms with Crippen molar-refractivity contribution in [3.63, 3.8) is 0 Å². The van der Waals surface area contributed by atoms with E-state index in [0.717, 1.165) is 11.8 Å². The van der Waals surface area contributed by atoms with E-state index >= 15 is 0 Å². The Hall–Kier alpha value is -0.0800.